The van der Waals surface area contributed by atoms with Gasteiger partial charge in [-0.1, -0.05) is 19.6 Å². The van der Waals surface area contributed by atoms with Crippen LogP contribution in [0.3, 0.4) is 0 Å². The summed E-state index contributed by atoms with van der Waals surface area (Å²) in [6.45, 7) is 8.14. The van der Waals surface area contributed by atoms with Crippen molar-refractivity contribution >= 4 is 15.4 Å². The minimum absolute atomic E-state index is 0.203. The summed E-state index contributed by atoms with van der Waals surface area (Å²) < 4.78 is 10.1. The number of carbonyl (C=O) groups is 1. The van der Waals surface area contributed by atoms with E-state index < -0.39 is 0 Å². The van der Waals surface area contributed by atoms with Crippen LogP contribution in [0.1, 0.15) is 33.1 Å². The second-order valence-corrected chi connectivity index (χ2v) is 3.88. The van der Waals surface area contributed by atoms with Crippen molar-refractivity contribution in [3.63, 3.8) is 0 Å². The molecule has 0 aromatic heterocycles. The molecule has 0 aliphatic heterocycles. The Kier molecular flexibility index (Phi) is 9.16. The molecule has 0 aliphatic carbocycles. The van der Waals surface area contributed by atoms with E-state index in [1.54, 1.807) is 6.92 Å². The average molecular weight is 244 g/mol. The van der Waals surface area contributed by atoms with Crippen LogP contribution in [-0.2, 0) is 14.1 Å². The maximum atomic E-state index is 11.1. The third kappa shape index (κ3) is 7.61. The first-order chi connectivity index (χ1) is 7.61. The highest BCUT2D eigenvalue weighted by Gasteiger charge is 2.09. The first-order valence-corrected chi connectivity index (χ1v) is 5.92. The van der Waals surface area contributed by atoms with Crippen molar-refractivity contribution in [2.24, 2.45) is 0 Å². The number of esters is 1. The lowest BCUT2D eigenvalue weighted by Crippen LogP contribution is -2.15. The van der Waals surface area contributed by atoms with Crippen molar-refractivity contribution in [2.75, 3.05) is 6.61 Å². The molecule has 0 saturated carbocycles. The lowest BCUT2D eigenvalue weighted by Gasteiger charge is -2.13. The fourth-order valence-electron chi connectivity index (χ4n) is 1.03. The van der Waals surface area contributed by atoms with Crippen molar-refractivity contribution in [3.8, 4) is 0 Å². The minimum atomic E-state index is -0.302. The Morgan fingerprint density at radius 3 is 2.75 bits per heavy atom. The van der Waals surface area contributed by atoms with E-state index in [0.29, 0.717) is 13.0 Å². The standard InChI is InChI=1S/C12H21O3P/c1-4-12(13)15-11(10(2)3)8-6-5-7-9-14-16/h6,8,11H,2,4-5,7,9,16H2,1,3H3/b8-6+. The van der Waals surface area contributed by atoms with E-state index in [1.165, 1.54) is 0 Å². The Morgan fingerprint density at radius 1 is 1.56 bits per heavy atom. The van der Waals surface area contributed by atoms with Gasteiger partial charge in [-0.3, -0.25) is 4.79 Å². The van der Waals surface area contributed by atoms with Crippen LogP contribution >= 0.6 is 9.47 Å². The molecule has 2 unspecified atom stereocenters. The van der Waals surface area contributed by atoms with E-state index in [1.807, 2.05) is 19.1 Å². The number of ether oxygens (including phenoxy) is 1. The predicted molar refractivity (Wildman–Crippen MR) is 69.0 cm³/mol. The van der Waals surface area contributed by atoms with Crippen molar-refractivity contribution in [3.05, 3.63) is 24.3 Å². The van der Waals surface area contributed by atoms with Crippen LogP contribution in [0.25, 0.3) is 0 Å². The maximum Gasteiger partial charge on any atom is 0.306 e. The summed E-state index contributed by atoms with van der Waals surface area (Å²) in [5.74, 6) is -0.203. The van der Waals surface area contributed by atoms with Crippen LogP contribution in [0.4, 0.5) is 0 Å². The normalized spacial score (nSPS) is 12.7. The number of rotatable bonds is 8. The largest absolute Gasteiger partial charge is 0.454 e. The number of carbonyl (C=O) groups excluding carboxylic acids is 1. The second-order valence-electron chi connectivity index (χ2n) is 3.55. The molecule has 0 aromatic carbocycles. The molecule has 3 nitrogen and oxygen atoms in total. The van der Waals surface area contributed by atoms with E-state index in [0.717, 1.165) is 18.4 Å². The van der Waals surface area contributed by atoms with E-state index in [2.05, 4.69) is 16.0 Å². The molecule has 0 rings (SSSR count). The molecule has 0 fully saturated rings. The number of hydrogen-bond donors (Lipinski definition) is 0. The molecule has 16 heavy (non-hydrogen) atoms. The third-order valence-electron chi connectivity index (χ3n) is 1.98. The van der Waals surface area contributed by atoms with Crippen LogP contribution in [0.15, 0.2) is 24.3 Å². The fourth-order valence-corrected chi connectivity index (χ4v) is 1.20. The van der Waals surface area contributed by atoms with Gasteiger partial charge in [-0.15, -0.1) is 0 Å². The van der Waals surface area contributed by atoms with Gasteiger partial charge in [-0.25, -0.2) is 0 Å². The van der Waals surface area contributed by atoms with Crippen LogP contribution in [0, 0.1) is 0 Å². The quantitative estimate of drug-likeness (QED) is 0.285. The summed E-state index contributed by atoms with van der Waals surface area (Å²) in [6.07, 6.45) is 5.81. The highest BCUT2D eigenvalue weighted by atomic mass is 31.0. The number of unbranched alkanes of at least 4 members (excludes halogenated alkanes) is 1. The van der Waals surface area contributed by atoms with E-state index in [4.69, 9.17) is 9.26 Å². The molecule has 0 aromatic rings. The molecule has 0 heterocycles. The first kappa shape index (κ1) is 15.3. The summed E-state index contributed by atoms with van der Waals surface area (Å²) in [6, 6.07) is 0. The molecule has 0 N–H and O–H groups in total. The molecule has 2 atom stereocenters. The lowest BCUT2D eigenvalue weighted by atomic mass is 10.1. The Balaban J connectivity index is 4.02. The van der Waals surface area contributed by atoms with Gasteiger partial charge in [0.05, 0.1) is 6.61 Å². The average Bonchev–Trinajstić information content (AvgIpc) is 2.26. The van der Waals surface area contributed by atoms with Gasteiger partial charge >= 0.3 is 5.97 Å². The fraction of sp³-hybridized carbons (Fsp3) is 0.583. The van der Waals surface area contributed by atoms with Crippen molar-refractivity contribution in [2.45, 2.75) is 39.2 Å². The summed E-state index contributed by atoms with van der Waals surface area (Å²) in [5.41, 5.74) is 0.834. The van der Waals surface area contributed by atoms with Gasteiger partial charge in [-0.05, 0) is 31.4 Å². The summed E-state index contributed by atoms with van der Waals surface area (Å²) in [5, 5.41) is 0. The molecular weight excluding hydrogens is 223 g/mol. The molecule has 0 aliphatic rings. The van der Waals surface area contributed by atoms with E-state index in [9.17, 15) is 4.79 Å². The maximum absolute atomic E-state index is 11.1. The van der Waals surface area contributed by atoms with Crippen molar-refractivity contribution < 1.29 is 14.1 Å². The van der Waals surface area contributed by atoms with Gasteiger partial charge in [0.1, 0.15) is 6.10 Å². The highest BCUT2D eigenvalue weighted by Crippen LogP contribution is 2.08. The van der Waals surface area contributed by atoms with Crippen LogP contribution in [-0.4, -0.2) is 18.7 Å². The first-order valence-electron chi connectivity index (χ1n) is 5.45. The van der Waals surface area contributed by atoms with Crippen LogP contribution in [0.5, 0.6) is 0 Å². The Morgan fingerprint density at radius 2 is 2.25 bits per heavy atom. The molecule has 4 heteroatoms. The summed E-state index contributed by atoms with van der Waals surface area (Å²) >= 11 is 0. The molecule has 0 bridgehead atoms. The Hall–Kier alpha value is -0.660. The van der Waals surface area contributed by atoms with Crippen molar-refractivity contribution in [1.29, 1.82) is 0 Å². The third-order valence-corrected chi connectivity index (χ3v) is 2.21. The van der Waals surface area contributed by atoms with Gasteiger partial charge in [0, 0.05) is 15.9 Å². The Bertz CT molecular complexity index is 249. The van der Waals surface area contributed by atoms with E-state index >= 15 is 0 Å². The van der Waals surface area contributed by atoms with Crippen LogP contribution in [0.2, 0.25) is 0 Å². The van der Waals surface area contributed by atoms with Gasteiger partial charge in [0.25, 0.3) is 0 Å². The van der Waals surface area contributed by atoms with Gasteiger partial charge in [0.15, 0.2) is 0 Å². The Labute approximate surface area is 100 Å². The minimum Gasteiger partial charge on any atom is -0.454 e. The second kappa shape index (κ2) is 9.56. The lowest BCUT2D eigenvalue weighted by molar-refractivity contribution is -0.145. The van der Waals surface area contributed by atoms with Crippen molar-refractivity contribution in [1.82, 2.24) is 0 Å². The molecule has 0 amide bonds. The predicted octanol–water partition coefficient (Wildman–Crippen LogP) is 3.03. The molecule has 92 valence electrons. The topological polar surface area (TPSA) is 35.5 Å². The van der Waals surface area contributed by atoms with E-state index in [-0.39, 0.29) is 12.1 Å². The zero-order valence-electron chi connectivity index (χ0n) is 10.1. The zero-order valence-corrected chi connectivity index (χ0v) is 11.2. The monoisotopic (exact) mass is 244 g/mol. The molecular formula is C12H21O3P. The smallest absolute Gasteiger partial charge is 0.306 e. The molecule has 0 radical (unpaired) electrons. The molecule has 0 spiro atoms. The number of hydrogen-bond acceptors (Lipinski definition) is 3. The number of allylic oxidation sites excluding steroid dienone is 1. The van der Waals surface area contributed by atoms with Gasteiger partial charge in [-0.2, -0.15) is 0 Å². The van der Waals surface area contributed by atoms with Gasteiger partial charge < -0.3 is 9.26 Å². The van der Waals surface area contributed by atoms with Gasteiger partial charge in [0.2, 0.25) is 0 Å². The highest BCUT2D eigenvalue weighted by molar-refractivity contribution is 7.09. The zero-order chi connectivity index (χ0) is 12.4. The summed E-state index contributed by atoms with van der Waals surface area (Å²) in [4.78, 5) is 11.1. The molecule has 0 saturated heterocycles. The van der Waals surface area contributed by atoms with Crippen LogP contribution < -0.4 is 0 Å². The SMILES string of the molecule is C=C(C)C(/C=C/CCCOP)OC(=O)CC. The summed E-state index contributed by atoms with van der Waals surface area (Å²) in [7, 11) is 2.22.